The second kappa shape index (κ2) is 6.02. The third-order valence-corrected chi connectivity index (χ3v) is 4.80. The van der Waals surface area contributed by atoms with Crippen LogP contribution < -0.4 is 0 Å². The first-order chi connectivity index (χ1) is 9.34. The first kappa shape index (κ1) is 13.1. The fourth-order valence-electron chi connectivity index (χ4n) is 3.66. The van der Waals surface area contributed by atoms with Gasteiger partial charge >= 0.3 is 0 Å². The summed E-state index contributed by atoms with van der Waals surface area (Å²) in [6.07, 6.45) is 8.80. The Kier molecular flexibility index (Phi) is 4.14. The van der Waals surface area contributed by atoms with E-state index < -0.39 is 0 Å². The Morgan fingerprint density at radius 2 is 1.84 bits per heavy atom. The van der Waals surface area contributed by atoms with Crippen LogP contribution in [0.2, 0.25) is 0 Å². The largest absolute Gasteiger partial charge is 0.391 e. The van der Waals surface area contributed by atoms with Gasteiger partial charge in [-0.25, -0.2) is 0 Å². The van der Waals surface area contributed by atoms with Gasteiger partial charge in [0.05, 0.1) is 6.10 Å². The van der Waals surface area contributed by atoms with Gasteiger partial charge in [-0.05, 0) is 50.9 Å². The zero-order chi connectivity index (χ0) is 13.1. The summed E-state index contributed by atoms with van der Waals surface area (Å²) in [7, 11) is 0. The number of rotatable bonds is 2. The Labute approximate surface area is 115 Å². The van der Waals surface area contributed by atoms with Gasteiger partial charge in [0, 0.05) is 23.9 Å². The van der Waals surface area contributed by atoms with E-state index in [-0.39, 0.29) is 6.10 Å². The second-order valence-electron chi connectivity index (χ2n) is 5.98. The molecule has 2 atom stereocenters. The number of hydrogen-bond acceptors (Lipinski definition) is 3. The lowest BCUT2D eigenvalue weighted by Crippen LogP contribution is -2.48. The lowest BCUT2D eigenvalue weighted by atomic mass is 9.87. The molecule has 0 radical (unpaired) electrons. The number of pyridine rings is 1. The van der Waals surface area contributed by atoms with Crippen molar-refractivity contribution in [2.45, 2.75) is 56.6 Å². The van der Waals surface area contributed by atoms with E-state index in [9.17, 15) is 5.11 Å². The Hall–Kier alpha value is -0.930. The highest BCUT2D eigenvalue weighted by Gasteiger charge is 2.31. The first-order valence-corrected chi connectivity index (χ1v) is 7.67. The standard InChI is InChI=1S/C16H24N2O/c19-16-7-2-1-6-15(16)18-11-8-13(9-12-18)14-5-3-4-10-17-14/h3-5,10,13,15-16,19H,1-2,6-9,11-12H2/t15-,16+/m0/s1. The summed E-state index contributed by atoms with van der Waals surface area (Å²) >= 11 is 0. The molecule has 3 rings (SSSR count). The molecular formula is C16H24N2O. The molecule has 1 N–H and O–H groups in total. The predicted octanol–water partition coefficient (Wildman–Crippen LogP) is 2.56. The van der Waals surface area contributed by atoms with Gasteiger partial charge < -0.3 is 5.11 Å². The van der Waals surface area contributed by atoms with Gasteiger partial charge in [0.2, 0.25) is 0 Å². The lowest BCUT2D eigenvalue weighted by molar-refractivity contribution is 0.00853. The Morgan fingerprint density at radius 1 is 1.05 bits per heavy atom. The summed E-state index contributed by atoms with van der Waals surface area (Å²) in [6, 6.07) is 6.63. The van der Waals surface area contributed by atoms with Crippen LogP contribution in [0.5, 0.6) is 0 Å². The van der Waals surface area contributed by atoms with Gasteiger partial charge in [0.25, 0.3) is 0 Å². The van der Waals surface area contributed by atoms with Gasteiger partial charge in [-0.1, -0.05) is 18.9 Å². The van der Waals surface area contributed by atoms with Crippen molar-refractivity contribution in [3.63, 3.8) is 0 Å². The molecule has 0 spiro atoms. The fourth-order valence-corrected chi connectivity index (χ4v) is 3.66. The summed E-state index contributed by atoms with van der Waals surface area (Å²) in [4.78, 5) is 7.00. The van der Waals surface area contributed by atoms with E-state index in [0.717, 1.165) is 19.5 Å². The minimum Gasteiger partial charge on any atom is -0.391 e. The number of likely N-dealkylation sites (tertiary alicyclic amines) is 1. The van der Waals surface area contributed by atoms with Crippen molar-refractivity contribution in [1.29, 1.82) is 0 Å². The van der Waals surface area contributed by atoms with Crippen LogP contribution in [0.1, 0.15) is 50.1 Å². The Bertz CT molecular complexity index is 387. The third-order valence-electron chi connectivity index (χ3n) is 4.80. The maximum atomic E-state index is 10.2. The normalized spacial score (nSPS) is 30.4. The van der Waals surface area contributed by atoms with E-state index in [1.165, 1.54) is 37.8 Å². The first-order valence-electron chi connectivity index (χ1n) is 7.67. The maximum absolute atomic E-state index is 10.2. The molecule has 2 heterocycles. The highest BCUT2D eigenvalue weighted by Crippen LogP contribution is 2.31. The van der Waals surface area contributed by atoms with E-state index in [1.54, 1.807) is 0 Å². The number of nitrogens with zero attached hydrogens (tertiary/aromatic N) is 2. The lowest BCUT2D eigenvalue weighted by Gasteiger charge is -2.41. The molecule has 3 nitrogen and oxygen atoms in total. The van der Waals surface area contributed by atoms with Crippen LogP contribution in [0.25, 0.3) is 0 Å². The zero-order valence-corrected chi connectivity index (χ0v) is 11.5. The highest BCUT2D eigenvalue weighted by atomic mass is 16.3. The molecule has 0 unspecified atom stereocenters. The molecule has 0 aromatic carbocycles. The molecule has 1 saturated carbocycles. The predicted molar refractivity (Wildman–Crippen MR) is 76.0 cm³/mol. The van der Waals surface area contributed by atoms with Crippen molar-refractivity contribution in [2.24, 2.45) is 0 Å². The maximum Gasteiger partial charge on any atom is 0.0695 e. The van der Waals surface area contributed by atoms with E-state index in [2.05, 4.69) is 22.0 Å². The minimum atomic E-state index is -0.0971. The van der Waals surface area contributed by atoms with Crippen molar-refractivity contribution in [3.8, 4) is 0 Å². The summed E-state index contributed by atoms with van der Waals surface area (Å²) in [5, 5.41) is 10.2. The third kappa shape index (κ3) is 2.98. The van der Waals surface area contributed by atoms with Crippen molar-refractivity contribution >= 4 is 0 Å². The van der Waals surface area contributed by atoms with Gasteiger partial charge in [-0.2, -0.15) is 0 Å². The van der Waals surface area contributed by atoms with E-state index in [0.29, 0.717) is 12.0 Å². The molecule has 19 heavy (non-hydrogen) atoms. The summed E-state index contributed by atoms with van der Waals surface area (Å²) in [6.45, 7) is 2.23. The molecule has 3 heteroatoms. The van der Waals surface area contributed by atoms with Crippen LogP contribution >= 0.6 is 0 Å². The molecular weight excluding hydrogens is 236 g/mol. The van der Waals surface area contributed by atoms with Crippen LogP contribution in [0.3, 0.4) is 0 Å². The summed E-state index contributed by atoms with van der Waals surface area (Å²) in [5.41, 5.74) is 1.24. The number of aromatic nitrogens is 1. The summed E-state index contributed by atoms with van der Waals surface area (Å²) < 4.78 is 0. The molecule has 1 aromatic heterocycles. The van der Waals surface area contributed by atoms with Crippen LogP contribution in [0.15, 0.2) is 24.4 Å². The molecule has 104 valence electrons. The van der Waals surface area contributed by atoms with E-state index in [4.69, 9.17) is 0 Å². The van der Waals surface area contributed by atoms with Crippen LogP contribution in [-0.4, -0.2) is 40.2 Å². The van der Waals surface area contributed by atoms with Crippen LogP contribution in [0, 0.1) is 0 Å². The second-order valence-corrected chi connectivity index (χ2v) is 5.98. The van der Waals surface area contributed by atoms with Crippen molar-refractivity contribution < 1.29 is 5.11 Å². The highest BCUT2D eigenvalue weighted by molar-refractivity contribution is 5.10. The number of hydrogen-bond donors (Lipinski definition) is 1. The van der Waals surface area contributed by atoms with Crippen LogP contribution in [-0.2, 0) is 0 Å². The average Bonchev–Trinajstić information content (AvgIpc) is 2.49. The van der Waals surface area contributed by atoms with Gasteiger partial charge in [0.15, 0.2) is 0 Å². The van der Waals surface area contributed by atoms with E-state index >= 15 is 0 Å². The monoisotopic (exact) mass is 260 g/mol. The summed E-state index contributed by atoms with van der Waals surface area (Å²) in [5.74, 6) is 0.609. The number of aliphatic hydroxyl groups is 1. The van der Waals surface area contributed by atoms with Gasteiger partial charge in [-0.3, -0.25) is 9.88 Å². The molecule has 0 amide bonds. The number of aliphatic hydroxyl groups excluding tert-OH is 1. The number of piperidine rings is 1. The molecule has 2 aliphatic rings. The van der Waals surface area contributed by atoms with Crippen LogP contribution in [0.4, 0.5) is 0 Å². The molecule has 1 saturated heterocycles. The topological polar surface area (TPSA) is 36.4 Å². The fraction of sp³-hybridized carbons (Fsp3) is 0.688. The van der Waals surface area contributed by atoms with Crippen molar-refractivity contribution in [1.82, 2.24) is 9.88 Å². The van der Waals surface area contributed by atoms with Gasteiger partial charge in [0.1, 0.15) is 0 Å². The zero-order valence-electron chi connectivity index (χ0n) is 11.5. The molecule has 1 aliphatic carbocycles. The molecule has 1 aliphatic heterocycles. The van der Waals surface area contributed by atoms with E-state index in [1.807, 2.05) is 12.3 Å². The minimum absolute atomic E-state index is 0.0971. The Balaban J connectivity index is 1.57. The molecule has 1 aromatic rings. The Morgan fingerprint density at radius 3 is 2.53 bits per heavy atom. The average molecular weight is 260 g/mol. The SMILES string of the molecule is O[C@@H]1CCCC[C@@H]1N1CCC(c2ccccn2)CC1. The molecule has 2 fully saturated rings. The van der Waals surface area contributed by atoms with Crippen molar-refractivity contribution in [3.05, 3.63) is 30.1 Å². The van der Waals surface area contributed by atoms with Crippen molar-refractivity contribution in [2.75, 3.05) is 13.1 Å². The molecule has 0 bridgehead atoms. The quantitative estimate of drug-likeness (QED) is 0.888. The smallest absolute Gasteiger partial charge is 0.0695 e. The van der Waals surface area contributed by atoms with Gasteiger partial charge in [-0.15, -0.1) is 0 Å².